The molecule has 0 radical (unpaired) electrons. The van der Waals surface area contributed by atoms with Crippen molar-refractivity contribution in [2.45, 2.75) is 18.2 Å². The molecular formula is C12H15Br2NO. The molecule has 0 saturated heterocycles. The van der Waals surface area contributed by atoms with Crippen LogP contribution >= 0.6 is 31.9 Å². The number of hydrogen-bond donors (Lipinski definition) is 0. The summed E-state index contributed by atoms with van der Waals surface area (Å²) in [5.74, 6) is 0.0561. The van der Waals surface area contributed by atoms with E-state index in [9.17, 15) is 4.79 Å². The van der Waals surface area contributed by atoms with Gasteiger partial charge >= 0.3 is 0 Å². The predicted molar refractivity (Wildman–Crippen MR) is 74.1 cm³/mol. The van der Waals surface area contributed by atoms with Crippen LogP contribution in [-0.2, 0) is 0 Å². The Labute approximate surface area is 113 Å². The fourth-order valence-corrected chi connectivity index (χ4v) is 1.97. The van der Waals surface area contributed by atoms with Crippen molar-refractivity contribution in [1.29, 1.82) is 0 Å². The lowest BCUT2D eigenvalue weighted by molar-refractivity contribution is 0.0793. The molecule has 1 atom stereocenters. The van der Waals surface area contributed by atoms with Gasteiger partial charge in [0.15, 0.2) is 0 Å². The van der Waals surface area contributed by atoms with Gasteiger partial charge in [0.1, 0.15) is 0 Å². The molecule has 1 aromatic carbocycles. The highest BCUT2D eigenvalue weighted by Gasteiger charge is 2.14. The smallest absolute Gasteiger partial charge is 0.254 e. The van der Waals surface area contributed by atoms with Gasteiger partial charge in [-0.3, -0.25) is 4.79 Å². The molecule has 4 heteroatoms. The monoisotopic (exact) mass is 347 g/mol. The molecule has 2 nitrogen and oxygen atoms in total. The van der Waals surface area contributed by atoms with E-state index in [4.69, 9.17) is 0 Å². The predicted octanol–water partition coefficient (Wildman–Crippen LogP) is 3.69. The number of carbonyl (C=O) groups excluding carboxylic acids is 1. The first kappa shape index (κ1) is 13.7. The van der Waals surface area contributed by atoms with E-state index in [1.807, 2.05) is 31.3 Å². The maximum atomic E-state index is 12.1. The lowest BCUT2D eigenvalue weighted by Crippen LogP contribution is -2.29. The molecule has 0 saturated carbocycles. The topological polar surface area (TPSA) is 20.3 Å². The second-order valence-corrected chi connectivity index (χ2v) is 6.19. The Morgan fingerprint density at radius 1 is 1.44 bits per heavy atom. The van der Waals surface area contributed by atoms with Gasteiger partial charge in [0, 0.05) is 22.9 Å². The van der Waals surface area contributed by atoms with E-state index < -0.39 is 0 Å². The summed E-state index contributed by atoms with van der Waals surface area (Å²) in [5, 5.41) is 0. The fraction of sp³-hybridized carbons (Fsp3) is 0.417. The van der Waals surface area contributed by atoms with E-state index in [0.29, 0.717) is 10.4 Å². The normalized spacial score (nSPS) is 12.2. The minimum atomic E-state index is 0.0561. The van der Waals surface area contributed by atoms with Crippen LogP contribution in [0, 0.1) is 0 Å². The molecule has 16 heavy (non-hydrogen) atoms. The number of benzene rings is 1. The number of rotatable bonds is 4. The van der Waals surface area contributed by atoms with Gasteiger partial charge in [-0.15, -0.1) is 0 Å². The van der Waals surface area contributed by atoms with E-state index in [0.717, 1.165) is 17.4 Å². The standard InChI is InChI=1S/C12H15Br2NO/c1-9(13)7-8-15(2)12(16)10-5-3-4-6-11(10)14/h3-6,9H,7-8H2,1-2H3. The highest BCUT2D eigenvalue weighted by molar-refractivity contribution is 9.10. The van der Waals surface area contributed by atoms with Gasteiger partial charge in [0.25, 0.3) is 5.91 Å². The Morgan fingerprint density at radius 2 is 2.06 bits per heavy atom. The van der Waals surface area contributed by atoms with Crippen molar-refractivity contribution >= 4 is 37.8 Å². The molecule has 0 heterocycles. The third-order valence-electron chi connectivity index (χ3n) is 2.31. The molecule has 1 unspecified atom stereocenters. The van der Waals surface area contributed by atoms with Gasteiger partial charge in [0.05, 0.1) is 5.56 Å². The van der Waals surface area contributed by atoms with E-state index in [1.54, 1.807) is 4.90 Å². The van der Waals surface area contributed by atoms with Crippen molar-refractivity contribution in [3.63, 3.8) is 0 Å². The van der Waals surface area contributed by atoms with Crippen molar-refractivity contribution < 1.29 is 4.79 Å². The Bertz CT molecular complexity index is 366. The lowest BCUT2D eigenvalue weighted by Gasteiger charge is -2.18. The molecule has 88 valence electrons. The maximum Gasteiger partial charge on any atom is 0.254 e. The minimum absolute atomic E-state index is 0.0561. The summed E-state index contributed by atoms with van der Waals surface area (Å²) in [6.45, 7) is 2.84. The highest BCUT2D eigenvalue weighted by atomic mass is 79.9. The van der Waals surface area contributed by atoms with Gasteiger partial charge in [0.2, 0.25) is 0 Å². The Balaban J connectivity index is 2.67. The Morgan fingerprint density at radius 3 is 2.62 bits per heavy atom. The summed E-state index contributed by atoms with van der Waals surface area (Å²) in [6.07, 6.45) is 0.951. The van der Waals surface area contributed by atoms with Crippen molar-refractivity contribution in [1.82, 2.24) is 4.90 Å². The van der Waals surface area contributed by atoms with Crippen LogP contribution in [0.25, 0.3) is 0 Å². The summed E-state index contributed by atoms with van der Waals surface area (Å²) < 4.78 is 0.846. The van der Waals surface area contributed by atoms with Crippen molar-refractivity contribution in [2.24, 2.45) is 0 Å². The largest absolute Gasteiger partial charge is 0.342 e. The second kappa shape index (κ2) is 6.40. The summed E-state index contributed by atoms with van der Waals surface area (Å²) in [5.41, 5.74) is 0.715. The van der Waals surface area contributed by atoms with Gasteiger partial charge in [-0.1, -0.05) is 35.0 Å². The van der Waals surface area contributed by atoms with E-state index in [1.165, 1.54) is 0 Å². The third-order valence-corrected chi connectivity index (χ3v) is 3.46. The number of halogens is 2. The average Bonchev–Trinajstić information content (AvgIpc) is 2.25. The quantitative estimate of drug-likeness (QED) is 0.760. The van der Waals surface area contributed by atoms with Gasteiger partial charge < -0.3 is 4.90 Å². The molecule has 1 aromatic rings. The lowest BCUT2D eigenvalue weighted by atomic mass is 10.2. The molecule has 0 aliphatic carbocycles. The molecule has 0 aromatic heterocycles. The van der Waals surface area contributed by atoms with Gasteiger partial charge in [-0.2, -0.15) is 0 Å². The highest BCUT2D eigenvalue weighted by Crippen LogP contribution is 2.17. The molecule has 0 fully saturated rings. The van der Waals surface area contributed by atoms with Crippen LogP contribution in [0.5, 0.6) is 0 Å². The van der Waals surface area contributed by atoms with Crippen LogP contribution in [0.4, 0.5) is 0 Å². The molecular weight excluding hydrogens is 334 g/mol. The fourth-order valence-electron chi connectivity index (χ4n) is 1.31. The summed E-state index contributed by atoms with van der Waals surface area (Å²) in [4.78, 5) is 14.2. The minimum Gasteiger partial charge on any atom is -0.342 e. The van der Waals surface area contributed by atoms with Crippen molar-refractivity contribution in [3.05, 3.63) is 34.3 Å². The van der Waals surface area contributed by atoms with Crippen molar-refractivity contribution in [3.8, 4) is 0 Å². The number of amides is 1. The molecule has 1 rings (SSSR count). The van der Waals surface area contributed by atoms with Crippen LogP contribution < -0.4 is 0 Å². The van der Waals surface area contributed by atoms with Crippen LogP contribution in [0.3, 0.4) is 0 Å². The third kappa shape index (κ3) is 3.91. The van der Waals surface area contributed by atoms with Gasteiger partial charge in [-0.25, -0.2) is 0 Å². The zero-order valence-electron chi connectivity index (χ0n) is 9.41. The summed E-state index contributed by atoms with van der Waals surface area (Å²) >= 11 is 6.86. The van der Waals surface area contributed by atoms with Gasteiger partial charge in [-0.05, 0) is 34.5 Å². The molecule has 0 spiro atoms. The first-order valence-electron chi connectivity index (χ1n) is 5.16. The summed E-state index contributed by atoms with van der Waals surface area (Å²) in [6, 6.07) is 7.50. The van der Waals surface area contributed by atoms with Crippen LogP contribution in [-0.4, -0.2) is 29.2 Å². The van der Waals surface area contributed by atoms with E-state index in [-0.39, 0.29) is 5.91 Å². The summed E-state index contributed by atoms with van der Waals surface area (Å²) in [7, 11) is 1.83. The van der Waals surface area contributed by atoms with E-state index >= 15 is 0 Å². The Kier molecular flexibility index (Phi) is 5.49. The molecule has 0 aliphatic heterocycles. The number of nitrogens with zero attached hydrogens (tertiary/aromatic N) is 1. The average molecular weight is 349 g/mol. The molecule has 0 aliphatic rings. The SMILES string of the molecule is CC(Br)CCN(C)C(=O)c1ccccc1Br. The number of alkyl halides is 1. The van der Waals surface area contributed by atoms with Crippen LogP contribution in [0.2, 0.25) is 0 Å². The van der Waals surface area contributed by atoms with Crippen LogP contribution in [0.1, 0.15) is 23.7 Å². The molecule has 0 bridgehead atoms. The molecule has 0 N–H and O–H groups in total. The number of carbonyl (C=O) groups is 1. The number of hydrogen-bond acceptors (Lipinski definition) is 1. The maximum absolute atomic E-state index is 12.1. The van der Waals surface area contributed by atoms with Crippen LogP contribution in [0.15, 0.2) is 28.7 Å². The first-order valence-corrected chi connectivity index (χ1v) is 6.87. The Hall–Kier alpha value is -0.350. The van der Waals surface area contributed by atoms with Crippen molar-refractivity contribution in [2.75, 3.05) is 13.6 Å². The van der Waals surface area contributed by atoms with E-state index in [2.05, 4.69) is 38.8 Å². The zero-order chi connectivity index (χ0) is 12.1. The first-order chi connectivity index (χ1) is 7.52. The second-order valence-electron chi connectivity index (χ2n) is 3.78. The zero-order valence-corrected chi connectivity index (χ0v) is 12.6. The molecule has 1 amide bonds.